The number of hydrogen-bond donors (Lipinski definition) is 2. The molecular weight excluding hydrogens is 262 g/mol. The van der Waals surface area contributed by atoms with E-state index in [0.29, 0.717) is 5.56 Å². The number of carboxylic acids is 1. The molecule has 0 aromatic heterocycles. The van der Waals surface area contributed by atoms with Gasteiger partial charge < -0.3 is 15.6 Å². The first-order valence-corrected chi connectivity index (χ1v) is 5.98. The Hall–Kier alpha value is -2.21. The topological polar surface area (TPSA) is 107 Å². The van der Waals surface area contributed by atoms with Crippen molar-refractivity contribution < 1.29 is 24.2 Å². The molecule has 0 aliphatic rings. The van der Waals surface area contributed by atoms with Gasteiger partial charge in [-0.15, -0.1) is 0 Å². The monoisotopic (exact) mass is 279 g/mol. The summed E-state index contributed by atoms with van der Waals surface area (Å²) in [4.78, 5) is 33.5. The van der Waals surface area contributed by atoms with Gasteiger partial charge in [0.05, 0.1) is 0 Å². The molecule has 0 saturated heterocycles. The van der Waals surface area contributed by atoms with Crippen LogP contribution in [0, 0.1) is 0 Å². The Morgan fingerprint density at radius 3 is 2.05 bits per heavy atom. The molecule has 1 rings (SSSR count). The van der Waals surface area contributed by atoms with Gasteiger partial charge in [-0.2, -0.15) is 0 Å². The summed E-state index contributed by atoms with van der Waals surface area (Å²) in [6, 6.07) is 4.52. The molecule has 6 nitrogen and oxygen atoms in total. The molecule has 0 aliphatic heterocycles. The van der Waals surface area contributed by atoms with Crippen LogP contribution < -0.4 is 5.73 Å². The number of aliphatic carboxylic acids is 1. The summed E-state index contributed by atoms with van der Waals surface area (Å²) >= 11 is 0. The van der Waals surface area contributed by atoms with Gasteiger partial charge in [-0.1, -0.05) is 24.3 Å². The molecule has 0 aliphatic carbocycles. The van der Waals surface area contributed by atoms with Crippen molar-refractivity contribution in [3.63, 3.8) is 0 Å². The number of nitrogens with two attached hydrogens (primary N) is 1. The highest BCUT2D eigenvalue weighted by Crippen LogP contribution is 2.17. The van der Waals surface area contributed by atoms with Crippen molar-refractivity contribution in [1.82, 2.24) is 0 Å². The van der Waals surface area contributed by atoms with Crippen LogP contribution in [0.15, 0.2) is 24.3 Å². The van der Waals surface area contributed by atoms with Gasteiger partial charge in [0.25, 0.3) is 5.78 Å². The minimum atomic E-state index is -1.53. The number of hydrogen-bond acceptors (Lipinski definition) is 5. The number of carboxylic acid groups (broad SMARTS) is 1. The quantitative estimate of drug-likeness (QED) is 0.488. The number of ketones is 1. The highest BCUT2D eigenvalue weighted by molar-refractivity contribution is 6.39. The zero-order chi connectivity index (χ0) is 15.5. The van der Waals surface area contributed by atoms with E-state index in [1.165, 1.54) is 24.3 Å². The molecule has 1 atom stereocenters. The number of ether oxygens (including phenoxy) is 1. The number of esters is 1. The maximum absolute atomic E-state index is 11.8. The normalized spacial score (nSPS) is 12.6. The third-order valence-electron chi connectivity index (χ3n) is 2.39. The van der Waals surface area contributed by atoms with Crippen LogP contribution in [0.5, 0.6) is 0 Å². The van der Waals surface area contributed by atoms with Crippen molar-refractivity contribution in [2.45, 2.75) is 32.4 Å². The maximum atomic E-state index is 11.8. The molecule has 0 heterocycles. The summed E-state index contributed by atoms with van der Waals surface area (Å²) in [5.74, 6) is -3.13. The largest absolute Gasteiger partial charge is 0.475 e. The average molecular weight is 279 g/mol. The van der Waals surface area contributed by atoms with Gasteiger partial charge in [0.1, 0.15) is 11.6 Å². The lowest BCUT2D eigenvalue weighted by Crippen LogP contribution is -2.31. The van der Waals surface area contributed by atoms with Crippen molar-refractivity contribution in [3.8, 4) is 0 Å². The van der Waals surface area contributed by atoms with E-state index in [-0.39, 0.29) is 5.56 Å². The van der Waals surface area contributed by atoms with E-state index in [4.69, 9.17) is 15.6 Å². The molecule has 0 amide bonds. The van der Waals surface area contributed by atoms with Gasteiger partial charge in [-0.3, -0.25) is 4.79 Å². The highest BCUT2D eigenvalue weighted by atomic mass is 16.6. The Morgan fingerprint density at radius 2 is 1.65 bits per heavy atom. The van der Waals surface area contributed by atoms with E-state index in [2.05, 4.69) is 0 Å². The minimum Gasteiger partial charge on any atom is -0.475 e. The highest BCUT2D eigenvalue weighted by Gasteiger charge is 2.24. The molecule has 6 heteroatoms. The minimum absolute atomic E-state index is 0.0256. The molecular formula is C14H17NO5. The first-order valence-electron chi connectivity index (χ1n) is 5.98. The third kappa shape index (κ3) is 4.17. The second kappa shape index (κ2) is 5.83. The van der Waals surface area contributed by atoms with E-state index < -0.39 is 29.4 Å². The molecule has 0 radical (unpaired) electrons. The fourth-order valence-electron chi connectivity index (χ4n) is 1.47. The molecule has 108 valence electrons. The molecule has 0 spiro atoms. The Kier molecular flexibility index (Phi) is 4.62. The molecule has 20 heavy (non-hydrogen) atoms. The molecule has 0 bridgehead atoms. The summed E-state index contributed by atoms with van der Waals surface area (Å²) < 4.78 is 5.14. The smallest absolute Gasteiger partial charge is 0.377 e. The second-order valence-electron chi connectivity index (χ2n) is 5.27. The van der Waals surface area contributed by atoms with Crippen LogP contribution >= 0.6 is 0 Å². The zero-order valence-electron chi connectivity index (χ0n) is 11.5. The van der Waals surface area contributed by atoms with Gasteiger partial charge in [0.15, 0.2) is 0 Å². The van der Waals surface area contributed by atoms with Gasteiger partial charge >= 0.3 is 11.9 Å². The Bertz CT molecular complexity index is 527. The summed E-state index contributed by atoms with van der Waals surface area (Å²) in [5, 5.41) is 8.58. The van der Waals surface area contributed by atoms with Gasteiger partial charge in [0.2, 0.25) is 0 Å². The van der Waals surface area contributed by atoms with Crippen molar-refractivity contribution in [2.75, 3.05) is 0 Å². The van der Waals surface area contributed by atoms with Crippen LogP contribution in [-0.4, -0.2) is 28.4 Å². The standard InChI is InChI=1S/C14H17NO5/c1-14(2,3)20-13(19)10(15)8-4-6-9(7-5-8)11(16)12(17)18/h4-7,10H,15H2,1-3H3,(H,17,18). The summed E-state index contributed by atoms with van der Waals surface area (Å²) in [5.41, 5.74) is 5.58. The average Bonchev–Trinajstić information content (AvgIpc) is 2.35. The second-order valence-corrected chi connectivity index (χ2v) is 5.27. The number of carbonyl (C=O) groups is 3. The zero-order valence-corrected chi connectivity index (χ0v) is 11.5. The van der Waals surface area contributed by atoms with Gasteiger partial charge in [-0.25, -0.2) is 9.59 Å². The lowest BCUT2D eigenvalue weighted by molar-refractivity contribution is -0.156. The molecule has 0 fully saturated rings. The van der Waals surface area contributed by atoms with Crippen molar-refractivity contribution in [2.24, 2.45) is 5.73 Å². The Labute approximate surface area is 116 Å². The molecule has 3 N–H and O–H groups in total. The Morgan fingerprint density at radius 1 is 1.15 bits per heavy atom. The summed E-state index contributed by atoms with van der Waals surface area (Å²) in [7, 11) is 0. The summed E-state index contributed by atoms with van der Waals surface area (Å²) in [6.45, 7) is 5.19. The molecule has 1 unspecified atom stereocenters. The molecule has 1 aromatic carbocycles. The fraction of sp³-hybridized carbons (Fsp3) is 0.357. The van der Waals surface area contributed by atoms with E-state index in [1.807, 2.05) is 0 Å². The lowest BCUT2D eigenvalue weighted by atomic mass is 10.0. The maximum Gasteiger partial charge on any atom is 0.377 e. The fourth-order valence-corrected chi connectivity index (χ4v) is 1.47. The van der Waals surface area contributed by atoms with Crippen molar-refractivity contribution in [1.29, 1.82) is 0 Å². The lowest BCUT2D eigenvalue weighted by Gasteiger charge is -2.22. The summed E-state index contributed by atoms with van der Waals surface area (Å²) in [6.07, 6.45) is 0. The Balaban J connectivity index is 2.86. The molecule has 1 aromatic rings. The first-order chi connectivity index (χ1) is 9.11. The number of Topliss-reactive ketones (excluding diaryl/α,β-unsaturated/α-hetero) is 1. The van der Waals surface area contributed by atoms with Gasteiger partial charge in [-0.05, 0) is 26.3 Å². The van der Waals surface area contributed by atoms with E-state index >= 15 is 0 Å². The van der Waals surface area contributed by atoms with Crippen molar-refractivity contribution >= 4 is 17.7 Å². The number of rotatable bonds is 4. The van der Waals surface area contributed by atoms with Crippen LogP contribution in [0.25, 0.3) is 0 Å². The van der Waals surface area contributed by atoms with E-state index in [0.717, 1.165) is 0 Å². The number of carbonyl (C=O) groups excluding carboxylic acids is 2. The van der Waals surface area contributed by atoms with Crippen LogP contribution in [0.4, 0.5) is 0 Å². The first kappa shape index (κ1) is 15.8. The van der Waals surface area contributed by atoms with Crippen LogP contribution in [0.3, 0.4) is 0 Å². The molecule has 0 saturated carbocycles. The van der Waals surface area contributed by atoms with Crippen LogP contribution in [0.2, 0.25) is 0 Å². The predicted octanol–water partition coefficient (Wildman–Crippen LogP) is 1.30. The SMILES string of the molecule is CC(C)(C)OC(=O)C(N)c1ccc(C(=O)C(=O)O)cc1. The third-order valence-corrected chi connectivity index (χ3v) is 2.39. The van der Waals surface area contributed by atoms with E-state index in [9.17, 15) is 14.4 Å². The van der Waals surface area contributed by atoms with Crippen LogP contribution in [0.1, 0.15) is 42.7 Å². The van der Waals surface area contributed by atoms with Crippen LogP contribution in [-0.2, 0) is 14.3 Å². The van der Waals surface area contributed by atoms with Gasteiger partial charge in [0, 0.05) is 5.56 Å². The van der Waals surface area contributed by atoms with E-state index in [1.54, 1.807) is 20.8 Å². The number of benzene rings is 1. The predicted molar refractivity (Wildman–Crippen MR) is 71.2 cm³/mol. The van der Waals surface area contributed by atoms with Crippen molar-refractivity contribution in [3.05, 3.63) is 35.4 Å².